The number of anilines is 1. The summed E-state index contributed by atoms with van der Waals surface area (Å²) in [4.78, 5) is 12.4. The zero-order valence-electron chi connectivity index (χ0n) is 12.2. The molecule has 0 fully saturated rings. The fourth-order valence-electron chi connectivity index (χ4n) is 2.09. The molecule has 0 radical (unpaired) electrons. The molecule has 0 aromatic heterocycles. The van der Waals surface area contributed by atoms with Crippen LogP contribution in [0.4, 0.5) is 5.69 Å². The Hall–Kier alpha value is -1.06. The molecule has 0 aliphatic heterocycles. The van der Waals surface area contributed by atoms with Gasteiger partial charge in [0, 0.05) is 12.2 Å². The molecular weight excluding hydrogens is 260 g/mol. The Balaban J connectivity index is 0.00000324. The van der Waals surface area contributed by atoms with Crippen molar-refractivity contribution in [3.63, 3.8) is 0 Å². The standard InChI is InChI=1S/C15H24N2O.ClH/c1-5-15(6-2,10-16)14(18)17-13-9-7-8-11(3)12(13)4;/h7-9H,5-6,10,16H2,1-4H3,(H,17,18);1H. The van der Waals surface area contributed by atoms with Crippen LogP contribution in [0.2, 0.25) is 0 Å². The predicted molar refractivity (Wildman–Crippen MR) is 83.9 cm³/mol. The van der Waals surface area contributed by atoms with Crippen LogP contribution in [0.5, 0.6) is 0 Å². The summed E-state index contributed by atoms with van der Waals surface area (Å²) in [6.45, 7) is 8.47. The van der Waals surface area contributed by atoms with Crippen LogP contribution in [-0.2, 0) is 4.79 Å². The maximum atomic E-state index is 12.4. The number of benzene rings is 1. The molecule has 0 aliphatic rings. The summed E-state index contributed by atoms with van der Waals surface area (Å²) in [7, 11) is 0. The molecule has 0 bridgehead atoms. The second-order valence-electron chi connectivity index (χ2n) is 4.89. The lowest BCUT2D eigenvalue weighted by Gasteiger charge is -2.29. The molecule has 1 aromatic carbocycles. The Bertz CT molecular complexity index is 420. The van der Waals surface area contributed by atoms with Crippen LogP contribution >= 0.6 is 12.4 Å². The topological polar surface area (TPSA) is 55.1 Å². The second-order valence-corrected chi connectivity index (χ2v) is 4.89. The molecule has 0 unspecified atom stereocenters. The van der Waals surface area contributed by atoms with E-state index in [1.54, 1.807) is 0 Å². The summed E-state index contributed by atoms with van der Waals surface area (Å²) >= 11 is 0. The molecule has 4 heteroatoms. The highest BCUT2D eigenvalue weighted by Crippen LogP contribution is 2.28. The van der Waals surface area contributed by atoms with E-state index < -0.39 is 5.41 Å². The predicted octanol–water partition coefficient (Wildman–Crippen LogP) is 3.43. The molecule has 0 saturated heterocycles. The third kappa shape index (κ3) is 3.71. The quantitative estimate of drug-likeness (QED) is 0.870. The average molecular weight is 285 g/mol. The molecule has 3 nitrogen and oxygen atoms in total. The van der Waals surface area contributed by atoms with E-state index in [1.807, 2.05) is 45.9 Å². The van der Waals surface area contributed by atoms with Crippen LogP contribution in [0.3, 0.4) is 0 Å². The number of carbonyl (C=O) groups is 1. The van der Waals surface area contributed by atoms with Crippen molar-refractivity contribution < 1.29 is 4.79 Å². The van der Waals surface area contributed by atoms with Gasteiger partial charge < -0.3 is 11.1 Å². The van der Waals surface area contributed by atoms with Crippen LogP contribution in [0.1, 0.15) is 37.8 Å². The number of aryl methyl sites for hydroxylation is 1. The van der Waals surface area contributed by atoms with Gasteiger partial charge in [0.15, 0.2) is 0 Å². The third-order valence-electron chi connectivity index (χ3n) is 4.08. The lowest BCUT2D eigenvalue weighted by atomic mass is 9.81. The van der Waals surface area contributed by atoms with Crippen LogP contribution in [-0.4, -0.2) is 12.5 Å². The minimum atomic E-state index is -0.448. The monoisotopic (exact) mass is 284 g/mol. The SMILES string of the molecule is CCC(CC)(CN)C(=O)Nc1cccc(C)c1C.Cl. The number of nitrogens with two attached hydrogens (primary N) is 1. The minimum absolute atomic E-state index is 0. The van der Waals surface area contributed by atoms with Crippen molar-refractivity contribution in [3.8, 4) is 0 Å². The smallest absolute Gasteiger partial charge is 0.231 e. The summed E-state index contributed by atoms with van der Waals surface area (Å²) in [5, 5.41) is 3.03. The molecule has 3 N–H and O–H groups in total. The van der Waals surface area contributed by atoms with Crippen molar-refractivity contribution in [1.29, 1.82) is 0 Å². The molecule has 0 spiro atoms. The van der Waals surface area contributed by atoms with Crippen molar-refractivity contribution in [2.45, 2.75) is 40.5 Å². The molecule has 0 heterocycles. The summed E-state index contributed by atoms with van der Waals surface area (Å²) in [6, 6.07) is 5.94. The van der Waals surface area contributed by atoms with Gasteiger partial charge in [-0.2, -0.15) is 0 Å². The lowest BCUT2D eigenvalue weighted by Crippen LogP contribution is -2.41. The number of hydrogen-bond acceptors (Lipinski definition) is 2. The van der Waals surface area contributed by atoms with Crippen LogP contribution in [0.15, 0.2) is 18.2 Å². The fourth-order valence-corrected chi connectivity index (χ4v) is 2.09. The molecule has 1 amide bonds. The third-order valence-corrected chi connectivity index (χ3v) is 4.08. The van der Waals surface area contributed by atoms with Gasteiger partial charge >= 0.3 is 0 Å². The highest BCUT2D eigenvalue weighted by atomic mass is 35.5. The first kappa shape index (κ1) is 17.9. The highest BCUT2D eigenvalue weighted by molar-refractivity contribution is 5.96. The zero-order chi connectivity index (χ0) is 13.8. The van der Waals surface area contributed by atoms with Crippen molar-refractivity contribution >= 4 is 24.0 Å². The Labute approximate surface area is 122 Å². The Kier molecular flexibility index (Phi) is 7.09. The number of amides is 1. The van der Waals surface area contributed by atoms with E-state index in [9.17, 15) is 4.79 Å². The van der Waals surface area contributed by atoms with Crippen molar-refractivity contribution in [1.82, 2.24) is 0 Å². The number of hydrogen-bond donors (Lipinski definition) is 2. The number of rotatable bonds is 5. The van der Waals surface area contributed by atoms with Gasteiger partial charge in [0.05, 0.1) is 5.41 Å². The van der Waals surface area contributed by atoms with E-state index in [0.29, 0.717) is 6.54 Å². The summed E-state index contributed by atoms with van der Waals surface area (Å²) in [5.41, 5.74) is 8.53. The number of carbonyl (C=O) groups excluding carboxylic acids is 1. The number of nitrogens with one attached hydrogen (secondary N) is 1. The first-order chi connectivity index (χ1) is 8.50. The normalized spacial score (nSPS) is 10.8. The molecule has 0 atom stereocenters. The van der Waals surface area contributed by atoms with Gasteiger partial charge in [-0.05, 0) is 43.9 Å². The number of halogens is 1. The van der Waals surface area contributed by atoms with E-state index in [1.165, 1.54) is 5.56 Å². The minimum Gasteiger partial charge on any atom is -0.329 e. The Morgan fingerprint density at radius 2 is 1.84 bits per heavy atom. The Morgan fingerprint density at radius 3 is 2.32 bits per heavy atom. The lowest BCUT2D eigenvalue weighted by molar-refractivity contribution is -0.125. The van der Waals surface area contributed by atoms with Gasteiger partial charge in [-0.25, -0.2) is 0 Å². The van der Waals surface area contributed by atoms with Crippen LogP contribution < -0.4 is 11.1 Å². The van der Waals surface area contributed by atoms with Gasteiger partial charge in [-0.15, -0.1) is 12.4 Å². The first-order valence-electron chi connectivity index (χ1n) is 6.58. The maximum Gasteiger partial charge on any atom is 0.231 e. The molecule has 0 saturated carbocycles. The van der Waals surface area contributed by atoms with Gasteiger partial charge in [-0.3, -0.25) is 4.79 Å². The van der Waals surface area contributed by atoms with E-state index in [0.717, 1.165) is 24.1 Å². The molecule has 108 valence electrons. The Morgan fingerprint density at radius 1 is 1.26 bits per heavy atom. The van der Waals surface area contributed by atoms with Crippen LogP contribution in [0, 0.1) is 19.3 Å². The molecular formula is C15H25ClN2O. The largest absolute Gasteiger partial charge is 0.329 e. The van der Waals surface area contributed by atoms with Crippen molar-refractivity contribution in [3.05, 3.63) is 29.3 Å². The van der Waals surface area contributed by atoms with E-state index >= 15 is 0 Å². The molecule has 19 heavy (non-hydrogen) atoms. The van der Waals surface area contributed by atoms with Gasteiger partial charge in [-0.1, -0.05) is 26.0 Å². The fraction of sp³-hybridized carbons (Fsp3) is 0.533. The molecule has 1 rings (SSSR count). The molecule has 0 aliphatic carbocycles. The van der Waals surface area contributed by atoms with E-state index in [4.69, 9.17) is 5.73 Å². The maximum absolute atomic E-state index is 12.4. The first-order valence-corrected chi connectivity index (χ1v) is 6.58. The van der Waals surface area contributed by atoms with Gasteiger partial charge in [0.25, 0.3) is 0 Å². The van der Waals surface area contributed by atoms with E-state index in [-0.39, 0.29) is 18.3 Å². The van der Waals surface area contributed by atoms with Crippen molar-refractivity contribution in [2.75, 3.05) is 11.9 Å². The summed E-state index contributed by atoms with van der Waals surface area (Å²) < 4.78 is 0. The zero-order valence-corrected chi connectivity index (χ0v) is 13.1. The van der Waals surface area contributed by atoms with Gasteiger partial charge in [0.1, 0.15) is 0 Å². The summed E-state index contributed by atoms with van der Waals surface area (Å²) in [5.74, 6) is 0.0312. The molecule has 1 aromatic rings. The highest BCUT2D eigenvalue weighted by Gasteiger charge is 2.33. The van der Waals surface area contributed by atoms with E-state index in [2.05, 4.69) is 5.32 Å². The van der Waals surface area contributed by atoms with Crippen molar-refractivity contribution in [2.24, 2.45) is 11.1 Å². The summed E-state index contributed by atoms with van der Waals surface area (Å²) in [6.07, 6.45) is 1.52. The second kappa shape index (κ2) is 7.51. The van der Waals surface area contributed by atoms with Crippen LogP contribution in [0.25, 0.3) is 0 Å². The van der Waals surface area contributed by atoms with Gasteiger partial charge in [0.2, 0.25) is 5.91 Å². The average Bonchev–Trinajstić information content (AvgIpc) is 2.38.